The van der Waals surface area contributed by atoms with Crippen LogP contribution in [0.1, 0.15) is 25.0 Å². The molecule has 2 rings (SSSR count). The van der Waals surface area contributed by atoms with Crippen molar-refractivity contribution >= 4 is 12.4 Å². The van der Waals surface area contributed by atoms with E-state index in [-0.39, 0.29) is 18.4 Å². The highest BCUT2D eigenvalue weighted by Crippen LogP contribution is 2.34. The molecule has 1 N–H and O–H groups in total. The summed E-state index contributed by atoms with van der Waals surface area (Å²) >= 11 is 0. The highest BCUT2D eigenvalue weighted by Gasteiger charge is 2.37. The Morgan fingerprint density at radius 3 is 2.56 bits per heavy atom. The Morgan fingerprint density at radius 2 is 2.06 bits per heavy atom. The van der Waals surface area contributed by atoms with Crippen molar-refractivity contribution in [2.45, 2.75) is 31.8 Å². The monoisotopic (exact) mass is 281 g/mol. The maximum Gasteiger partial charge on any atom is 0.416 e. The van der Waals surface area contributed by atoms with Crippen LogP contribution in [0.25, 0.3) is 0 Å². The van der Waals surface area contributed by atoms with Crippen molar-refractivity contribution in [2.24, 2.45) is 0 Å². The van der Waals surface area contributed by atoms with E-state index in [1.165, 1.54) is 6.07 Å². The van der Waals surface area contributed by atoms with Crippen LogP contribution in [0.2, 0.25) is 0 Å². The van der Waals surface area contributed by atoms with Crippen LogP contribution in [0.3, 0.4) is 0 Å². The van der Waals surface area contributed by atoms with E-state index in [2.05, 4.69) is 5.32 Å². The van der Waals surface area contributed by atoms with Gasteiger partial charge in [-0.15, -0.1) is 12.4 Å². The second-order valence-electron chi connectivity index (χ2n) is 4.47. The van der Waals surface area contributed by atoms with E-state index in [0.717, 1.165) is 12.1 Å². The minimum atomic E-state index is -4.32. The number of halogens is 4. The molecule has 0 amide bonds. The lowest BCUT2D eigenvalue weighted by atomic mass is 10.0. The maximum atomic E-state index is 12.6. The normalized spacial score (nSPS) is 27.9. The Morgan fingerprint density at radius 1 is 1.39 bits per heavy atom. The average Bonchev–Trinajstić information content (AvgIpc) is 2.59. The van der Waals surface area contributed by atoms with Crippen molar-refractivity contribution in [3.63, 3.8) is 0 Å². The van der Waals surface area contributed by atoms with Gasteiger partial charge in [-0.3, -0.25) is 5.32 Å². The Balaban J connectivity index is 0.00000162. The van der Waals surface area contributed by atoms with E-state index < -0.39 is 17.5 Å². The highest BCUT2D eigenvalue weighted by atomic mass is 35.5. The molecule has 1 aromatic rings. The van der Waals surface area contributed by atoms with E-state index in [4.69, 9.17) is 4.74 Å². The SMILES string of the molecule is CC1COC(C)(c2cccc(C(F)(F)F)c2)N1.Cl. The zero-order valence-corrected chi connectivity index (χ0v) is 10.9. The predicted octanol–water partition coefficient (Wildman–Crippen LogP) is 3.31. The molecular formula is C12H15ClF3NO. The summed E-state index contributed by atoms with van der Waals surface area (Å²) in [4.78, 5) is 0. The summed E-state index contributed by atoms with van der Waals surface area (Å²) in [5.41, 5.74) is -0.987. The van der Waals surface area contributed by atoms with Crippen LogP contribution in [0, 0.1) is 0 Å². The van der Waals surface area contributed by atoms with Gasteiger partial charge in [-0.05, 0) is 31.5 Å². The fraction of sp³-hybridized carbons (Fsp3) is 0.500. The molecule has 0 aliphatic carbocycles. The van der Waals surface area contributed by atoms with Gasteiger partial charge >= 0.3 is 6.18 Å². The van der Waals surface area contributed by atoms with Crippen LogP contribution in [-0.4, -0.2) is 12.6 Å². The van der Waals surface area contributed by atoms with Crippen LogP contribution in [0.5, 0.6) is 0 Å². The molecule has 2 atom stereocenters. The molecule has 18 heavy (non-hydrogen) atoms. The molecule has 1 aromatic carbocycles. The standard InChI is InChI=1S/C12H14F3NO.ClH/c1-8-7-17-11(2,16-8)9-4-3-5-10(6-9)12(13,14)15;/h3-6,8,16H,7H2,1-2H3;1H. The van der Waals surface area contributed by atoms with Gasteiger partial charge < -0.3 is 4.74 Å². The molecule has 1 aliphatic rings. The highest BCUT2D eigenvalue weighted by molar-refractivity contribution is 5.85. The molecule has 102 valence electrons. The van der Waals surface area contributed by atoms with Gasteiger partial charge in [0.2, 0.25) is 0 Å². The van der Waals surface area contributed by atoms with E-state index in [1.807, 2.05) is 6.92 Å². The number of alkyl halides is 3. The molecule has 0 bridgehead atoms. The molecule has 1 heterocycles. The number of nitrogens with one attached hydrogen (secondary N) is 1. The van der Waals surface area contributed by atoms with Crippen LogP contribution in [-0.2, 0) is 16.6 Å². The fourth-order valence-electron chi connectivity index (χ4n) is 2.00. The molecule has 6 heteroatoms. The van der Waals surface area contributed by atoms with Gasteiger partial charge in [0.05, 0.1) is 12.2 Å². The van der Waals surface area contributed by atoms with Crippen LogP contribution < -0.4 is 5.32 Å². The topological polar surface area (TPSA) is 21.3 Å². The minimum Gasteiger partial charge on any atom is -0.355 e. The smallest absolute Gasteiger partial charge is 0.355 e. The summed E-state index contributed by atoms with van der Waals surface area (Å²) in [6.45, 7) is 4.16. The first-order chi connectivity index (χ1) is 7.81. The molecule has 1 fully saturated rings. The largest absolute Gasteiger partial charge is 0.416 e. The van der Waals surface area contributed by atoms with Gasteiger partial charge in [-0.2, -0.15) is 13.2 Å². The predicted molar refractivity (Wildman–Crippen MR) is 64.6 cm³/mol. The third-order valence-electron chi connectivity index (χ3n) is 2.88. The Labute approximate surface area is 110 Å². The Bertz CT molecular complexity index is 424. The van der Waals surface area contributed by atoms with Crippen LogP contribution in [0.15, 0.2) is 24.3 Å². The lowest BCUT2D eigenvalue weighted by molar-refractivity contribution is -0.137. The second-order valence-corrected chi connectivity index (χ2v) is 4.47. The summed E-state index contributed by atoms with van der Waals surface area (Å²) < 4.78 is 43.3. The zero-order chi connectivity index (χ0) is 12.7. The van der Waals surface area contributed by atoms with E-state index in [0.29, 0.717) is 12.2 Å². The van der Waals surface area contributed by atoms with Crippen molar-refractivity contribution in [3.05, 3.63) is 35.4 Å². The molecule has 2 nitrogen and oxygen atoms in total. The maximum absolute atomic E-state index is 12.6. The number of hydrogen-bond acceptors (Lipinski definition) is 2. The van der Waals surface area contributed by atoms with Gasteiger partial charge in [-0.25, -0.2) is 0 Å². The summed E-state index contributed by atoms with van der Waals surface area (Å²) in [6.07, 6.45) is -4.32. The summed E-state index contributed by atoms with van der Waals surface area (Å²) in [5, 5.41) is 3.14. The summed E-state index contributed by atoms with van der Waals surface area (Å²) in [5.74, 6) is 0. The molecular weight excluding hydrogens is 267 g/mol. The first kappa shape index (κ1) is 15.3. The quantitative estimate of drug-likeness (QED) is 0.853. The number of hydrogen-bond donors (Lipinski definition) is 1. The molecule has 0 aromatic heterocycles. The van der Waals surface area contributed by atoms with Gasteiger partial charge in [0.15, 0.2) is 0 Å². The van der Waals surface area contributed by atoms with Crippen molar-refractivity contribution in [1.29, 1.82) is 0 Å². The summed E-state index contributed by atoms with van der Waals surface area (Å²) in [7, 11) is 0. The zero-order valence-electron chi connectivity index (χ0n) is 10.0. The Kier molecular flexibility index (Phi) is 4.30. The first-order valence-electron chi connectivity index (χ1n) is 5.41. The third kappa shape index (κ3) is 2.96. The molecule has 0 saturated carbocycles. The van der Waals surface area contributed by atoms with Crippen molar-refractivity contribution < 1.29 is 17.9 Å². The lowest BCUT2D eigenvalue weighted by Gasteiger charge is -2.25. The molecule has 2 unspecified atom stereocenters. The molecule has 0 spiro atoms. The minimum absolute atomic E-state index is 0. The lowest BCUT2D eigenvalue weighted by Crippen LogP contribution is -2.37. The number of ether oxygens (including phenoxy) is 1. The van der Waals surface area contributed by atoms with Crippen LogP contribution >= 0.6 is 12.4 Å². The second kappa shape index (κ2) is 5.07. The average molecular weight is 282 g/mol. The molecule has 1 saturated heterocycles. The van der Waals surface area contributed by atoms with E-state index in [1.54, 1.807) is 13.0 Å². The van der Waals surface area contributed by atoms with E-state index >= 15 is 0 Å². The van der Waals surface area contributed by atoms with Gasteiger partial charge in [0, 0.05) is 6.04 Å². The van der Waals surface area contributed by atoms with Gasteiger partial charge in [0.1, 0.15) is 5.72 Å². The fourth-order valence-corrected chi connectivity index (χ4v) is 2.00. The van der Waals surface area contributed by atoms with Gasteiger partial charge in [-0.1, -0.05) is 12.1 Å². The molecule has 1 aliphatic heterocycles. The van der Waals surface area contributed by atoms with Gasteiger partial charge in [0.25, 0.3) is 0 Å². The van der Waals surface area contributed by atoms with Crippen LogP contribution in [0.4, 0.5) is 13.2 Å². The first-order valence-corrected chi connectivity index (χ1v) is 5.41. The Hall–Kier alpha value is -0.780. The number of benzene rings is 1. The summed E-state index contributed by atoms with van der Waals surface area (Å²) in [6, 6.07) is 5.36. The number of rotatable bonds is 1. The van der Waals surface area contributed by atoms with Crippen molar-refractivity contribution in [1.82, 2.24) is 5.32 Å². The molecule has 0 radical (unpaired) electrons. The van der Waals surface area contributed by atoms with Crippen molar-refractivity contribution in [2.75, 3.05) is 6.61 Å². The third-order valence-corrected chi connectivity index (χ3v) is 2.88. The van der Waals surface area contributed by atoms with E-state index in [9.17, 15) is 13.2 Å². The van der Waals surface area contributed by atoms with Crippen molar-refractivity contribution in [3.8, 4) is 0 Å².